The fraction of sp³-hybridized carbons (Fsp3) is 0.615. The number of carboxylic acid groups (broad SMARTS) is 1. The summed E-state index contributed by atoms with van der Waals surface area (Å²) in [4.78, 5) is 24.6. The molecule has 7 nitrogen and oxygen atoms in total. The molecule has 0 bridgehead atoms. The number of carbonyl (C=O) groups excluding carboxylic acids is 1. The van der Waals surface area contributed by atoms with Crippen LogP contribution in [-0.4, -0.2) is 57.9 Å². The van der Waals surface area contributed by atoms with Crippen molar-refractivity contribution in [3.8, 4) is 0 Å². The van der Waals surface area contributed by atoms with Crippen LogP contribution in [0, 0.1) is 0 Å². The van der Waals surface area contributed by atoms with Crippen molar-refractivity contribution in [3.63, 3.8) is 0 Å². The lowest BCUT2D eigenvalue weighted by Crippen LogP contribution is -2.46. The number of hydrogen-bond donors (Lipinski definition) is 2. The molecule has 1 saturated heterocycles. The van der Waals surface area contributed by atoms with Crippen molar-refractivity contribution in [1.82, 2.24) is 15.1 Å². The summed E-state index contributed by atoms with van der Waals surface area (Å²) in [6, 6.07) is 1.81. The van der Waals surface area contributed by atoms with Crippen molar-refractivity contribution in [3.05, 3.63) is 17.5 Å². The number of aromatic amines is 1. The molecule has 2 fully saturated rings. The normalized spacial score (nSPS) is 22.8. The largest absolute Gasteiger partial charge is 0.481 e. The summed E-state index contributed by atoms with van der Waals surface area (Å²) in [5.74, 6) is -0.555. The first-order valence-corrected chi connectivity index (χ1v) is 6.81. The Hall–Kier alpha value is -1.89. The molecule has 1 amide bonds. The molecular weight excluding hydrogens is 262 g/mol. The summed E-state index contributed by atoms with van der Waals surface area (Å²) >= 11 is 0. The second-order valence-corrected chi connectivity index (χ2v) is 5.32. The van der Waals surface area contributed by atoms with Gasteiger partial charge in [-0.3, -0.25) is 14.7 Å². The molecule has 20 heavy (non-hydrogen) atoms. The van der Waals surface area contributed by atoms with Crippen LogP contribution in [0.5, 0.6) is 0 Å². The molecule has 7 heteroatoms. The molecule has 0 unspecified atom stereocenters. The van der Waals surface area contributed by atoms with Crippen LogP contribution in [0.25, 0.3) is 0 Å². The fourth-order valence-electron chi connectivity index (χ4n) is 2.43. The minimum Gasteiger partial charge on any atom is -0.481 e. The number of carbonyl (C=O) groups is 2. The molecule has 2 heterocycles. The van der Waals surface area contributed by atoms with Crippen molar-refractivity contribution in [2.75, 3.05) is 19.7 Å². The van der Waals surface area contributed by atoms with Crippen molar-refractivity contribution >= 4 is 11.9 Å². The third-order valence-electron chi connectivity index (χ3n) is 3.66. The zero-order chi connectivity index (χ0) is 14.1. The molecule has 3 rings (SSSR count). The van der Waals surface area contributed by atoms with E-state index in [2.05, 4.69) is 10.2 Å². The molecule has 1 atom stereocenters. The first kappa shape index (κ1) is 13.1. The third kappa shape index (κ3) is 2.82. The molecule has 1 saturated carbocycles. The maximum atomic E-state index is 12.3. The predicted molar refractivity (Wildman–Crippen MR) is 68.5 cm³/mol. The minimum atomic E-state index is -0.917. The number of H-pyrrole nitrogens is 1. The van der Waals surface area contributed by atoms with Crippen LogP contribution in [0.15, 0.2) is 6.07 Å². The molecule has 2 aliphatic rings. The van der Waals surface area contributed by atoms with Gasteiger partial charge in [0.2, 0.25) is 0 Å². The van der Waals surface area contributed by atoms with E-state index in [9.17, 15) is 9.59 Å². The van der Waals surface area contributed by atoms with Crippen molar-refractivity contribution in [2.24, 2.45) is 0 Å². The zero-order valence-electron chi connectivity index (χ0n) is 11.0. The van der Waals surface area contributed by atoms with Crippen molar-refractivity contribution in [2.45, 2.75) is 31.3 Å². The Balaban J connectivity index is 1.64. The van der Waals surface area contributed by atoms with E-state index in [0.717, 1.165) is 18.5 Å². The van der Waals surface area contributed by atoms with E-state index in [-0.39, 0.29) is 12.3 Å². The average Bonchev–Trinajstić information content (AvgIpc) is 3.15. The minimum absolute atomic E-state index is 0.0856. The van der Waals surface area contributed by atoms with Crippen molar-refractivity contribution < 1.29 is 19.4 Å². The molecule has 2 N–H and O–H groups in total. The number of nitrogens with zero attached hydrogens (tertiary/aromatic N) is 2. The Bertz CT molecular complexity index is 523. The molecule has 1 aromatic rings. The summed E-state index contributed by atoms with van der Waals surface area (Å²) in [5.41, 5.74) is 1.42. The molecular formula is C13H17N3O4. The highest BCUT2D eigenvalue weighted by atomic mass is 16.5. The lowest BCUT2D eigenvalue weighted by Gasteiger charge is -2.31. The Kier molecular flexibility index (Phi) is 3.43. The third-order valence-corrected chi connectivity index (χ3v) is 3.66. The molecule has 0 radical (unpaired) electrons. The standard InChI is InChI=1S/C13H17N3O4/c17-12(18)5-9-7-16(3-4-20-9)13(19)11-6-10(14-15-11)8-1-2-8/h6,8-9H,1-5,7H2,(H,14,15)(H,17,18)/t9-/m1/s1. The van der Waals surface area contributed by atoms with Crippen LogP contribution in [0.2, 0.25) is 0 Å². The number of nitrogens with one attached hydrogen (secondary N) is 1. The van der Waals surface area contributed by atoms with Gasteiger partial charge in [0, 0.05) is 24.7 Å². The Morgan fingerprint density at radius 2 is 2.30 bits per heavy atom. The first-order valence-electron chi connectivity index (χ1n) is 6.81. The molecule has 0 spiro atoms. The average molecular weight is 279 g/mol. The Morgan fingerprint density at radius 1 is 1.50 bits per heavy atom. The van der Waals surface area contributed by atoms with Crippen LogP contribution in [0.4, 0.5) is 0 Å². The summed E-state index contributed by atoms with van der Waals surface area (Å²) in [5, 5.41) is 15.8. The smallest absolute Gasteiger partial charge is 0.306 e. The highest BCUT2D eigenvalue weighted by Crippen LogP contribution is 2.39. The lowest BCUT2D eigenvalue weighted by molar-refractivity contribution is -0.141. The second-order valence-electron chi connectivity index (χ2n) is 5.32. The van der Waals surface area contributed by atoms with E-state index in [1.165, 1.54) is 0 Å². The Morgan fingerprint density at radius 3 is 3.00 bits per heavy atom. The molecule has 1 aliphatic heterocycles. The van der Waals surface area contributed by atoms with Gasteiger partial charge in [0.15, 0.2) is 0 Å². The number of hydrogen-bond acceptors (Lipinski definition) is 4. The van der Waals surface area contributed by atoms with E-state index < -0.39 is 12.1 Å². The summed E-state index contributed by atoms with van der Waals surface area (Å²) < 4.78 is 5.36. The highest BCUT2D eigenvalue weighted by Gasteiger charge is 2.30. The number of aromatic nitrogens is 2. The number of carboxylic acids is 1. The quantitative estimate of drug-likeness (QED) is 0.841. The van der Waals surface area contributed by atoms with Gasteiger partial charge in [0.25, 0.3) is 5.91 Å². The van der Waals surface area contributed by atoms with Gasteiger partial charge in [-0.25, -0.2) is 0 Å². The van der Waals surface area contributed by atoms with Gasteiger partial charge in [-0.15, -0.1) is 0 Å². The van der Waals surface area contributed by atoms with Crippen LogP contribution in [-0.2, 0) is 9.53 Å². The molecule has 0 aromatic carbocycles. The maximum Gasteiger partial charge on any atom is 0.306 e. The van der Waals surface area contributed by atoms with Crippen molar-refractivity contribution in [1.29, 1.82) is 0 Å². The summed E-state index contributed by atoms with van der Waals surface area (Å²) in [6.07, 6.45) is 1.77. The second kappa shape index (κ2) is 5.24. The van der Waals surface area contributed by atoms with Gasteiger partial charge in [-0.1, -0.05) is 0 Å². The summed E-state index contributed by atoms with van der Waals surface area (Å²) in [6.45, 7) is 1.14. The number of rotatable bonds is 4. The van der Waals surface area contributed by atoms with Crippen LogP contribution < -0.4 is 0 Å². The van der Waals surface area contributed by atoms with Crippen LogP contribution in [0.1, 0.15) is 41.4 Å². The van der Waals surface area contributed by atoms with Crippen LogP contribution in [0.3, 0.4) is 0 Å². The van der Waals surface area contributed by atoms with Gasteiger partial charge in [0.1, 0.15) is 5.69 Å². The van der Waals surface area contributed by atoms with Gasteiger partial charge < -0.3 is 14.7 Å². The SMILES string of the molecule is O=C(O)C[C@@H]1CN(C(=O)c2cc(C3CC3)[nH]n2)CCO1. The van der Waals surface area contributed by atoms with E-state index >= 15 is 0 Å². The van der Waals surface area contributed by atoms with Crippen LogP contribution >= 0.6 is 0 Å². The lowest BCUT2D eigenvalue weighted by atomic mass is 10.2. The maximum absolute atomic E-state index is 12.3. The molecule has 108 valence electrons. The highest BCUT2D eigenvalue weighted by molar-refractivity contribution is 5.92. The van der Waals surface area contributed by atoms with E-state index in [1.54, 1.807) is 4.90 Å². The van der Waals surface area contributed by atoms with Gasteiger partial charge in [-0.05, 0) is 18.9 Å². The van der Waals surface area contributed by atoms with Gasteiger partial charge in [0.05, 0.1) is 19.1 Å². The van der Waals surface area contributed by atoms with E-state index in [4.69, 9.17) is 9.84 Å². The topological polar surface area (TPSA) is 95.5 Å². The number of amides is 1. The molecule has 1 aliphatic carbocycles. The fourth-order valence-corrected chi connectivity index (χ4v) is 2.43. The summed E-state index contributed by atoms with van der Waals surface area (Å²) in [7, 11) is 0. The van der Waals surface area contributed by atoms with E-state index in [1.807, 2.05) is 6.07 Å². The monoisotopic (exact) mass is 279 g/mol. The number of ether oxygens (including phenoxy) is 1. The predicted octanol–water partition coefficient (Wildman–Crippen LogP) is 0.603. The molecule has 1 aromatic heterocycles. The number of morpholine rings is 1. The first-order chi connectivity index (χ1) is 9.63. The van der Waals surface area contributed by atoms with Gasteiger partial charge >= 0.3 is 5.97 Å². The Labute approximate surface area is 115 Å². The van der Waals surface area contributed by atoms with E-state index in [0.29, 0.717) is 31.3 Å². The van der Waals surface area contributed by atoms with Gasteiger partial charge in [-0.2, -0.15) is 5.10 Å². The zero-order valence-corrected chi connectivity index (χ0v) is 11.0. The number of aliphatic carboxylic acids is 1.